The number of carbonyl (C=O) groups is 1. The number of amides is 1. The number of aryl methyl sites for hydroxylation is 1. The average molecular weight is 460 g/mol. The van der Waals surface area contributed by atoms with Crippen LogP contribution in [0.1, 0.15) is 28.9 Å². The Bertz CT molecular complexity index is 993. The van der Waals surface area contributed by atoms with Gasteiger partial charge in [0.05, 0.1) is 36.8 Å². The minimum atomic E-state index is -2.94. The number of rotatable bonds is 4. The summed E-state index contributed by atoms with van der Waals surface area (Å²) in [5, 5.41) is 2.79. The molecule has 4 heterocycles. The maximum atomic E-state index is 12.4. The molecular weight excluding hydrogens is 434 g/mol. The summed E-state index contributed by atoms with van der Waals surface area (Å²) in [6, 6.07) is 2.07. The first-order valence-electron chi connectivity index (χ1n) is 9.53. The van der Waals surface area contributed by atoms with Crippen molar-refractivity contribution in [3.8, 4) is 11.3 Å². The van der Waals surface area contributed by atoms with Crippen LogP contribution in [0.4, 0.5) is 0 Å². The van der Waals surface area contributed by atoms with Crippen molar-refractivity contribution in [1.82, 2.24) is 14.5 Å². The number of sulfone groups is 1. The highest BCUT2D eigenvalue weighted by Gasteiger charge is 2.31. The van der Waals surface area contributed by atoms with Crippen molar-refractivity contribution < 1.29 is 17.9 Å². The molecule has 10 heteroatoms. The van der Waals surface area contributed by atoms with E-state index in [9.17, 15) is 13.2 Å². The van der Waals surface area contributed by atoms with E-state index in [1.165, 1.54) is 11.3 Å². The fourth-order valence-corrected chi connectivity index (χ4v) is 6.63. The number of hydrogen-bond acceptors (Lipinski definition) is 6. The van der Waals surface area contributed by atoms with Crippen molar-refractivity contribution in [3.05, 3.63) is 27.8 Å². The van der Waals surface area contributed by atoms with E-state index in [0.29, 0.717) is 39.1 Å². The van der Waals surface area contributed by atoms with Gasteiger partial charge in [-0.05, 0) is 26.3 Å². The van der Waals surface area contributed by atoms with Crippen LogP contribution in [-0.2, 0) is 25.8 Å². The molecule has 7 nitrogen and oxygen atoms in total. The van der Waals surface area contributed by atoms with Crippen molar-refractivity contribution in [1.29, 1.82) is 0 Å². The second kappa shape index (κ2) is 8.75. The van der Waals surface area contributed by atoms with Crippen molar-refractivity contribution in [2.75, 3.05) is 37.8 Å². The summed E-state index contributed by atoms with van der Waals surface area (Å²) in [6.45, 7) is 6.50. The molecule has 1 atom stereocenters. The zero-order chi connectivity index (χ0) is 19.9. The number of carbonyl (C=O) groups excluding carboxylic acids is 1. The number of aromatic nitrogens is 2. The number of halogens is 1. The van der Waals surface area contributed by atoms with E-state index < -0.39 is 9.84 Å². The van der Waals surface area contributed by atoms with Crippen LogP contribution < -0.4 is 0 Å². The summed E-state index contributed by atoms with van der Waals surface area (Å²) < 4.78 is 31.2. The van der Waals surface area contributed by atoms with Crippen LogP contribution in [0.15, 0.2) is 11.4 Å². The van der Waals surface area contributed by atoms with Gasteiger partial charge in [0.1, 0.15) is 5.01 Å². The molecule has 2 aromatic rings. The molecule has 0 saturated carbocycles. The van der Waals surface area contributed by atoms with E-state index in [2.05, 4.69) is 10.6 Å². The van der Waals surface area contributed by atoms with Crippen LogP contribution in [0, 0.1) is 13.8 Å². The molecule has 0 radical (unpaired) electrons. The molecule has 29 heavy (non-hydrogen) atoms. The van der Waals surface area contributed by atoms with Crippen LogP contribution in [0.3, 0.4) is 0 Å². The maximum Gasteiger partial charge on any atom is 0.229 e. The summed E-state index contributed by atoms with van der Waals surface area (Å²) in [5.41, 5.74) is 3.96. The number of nitrogens with zero attached hydrogens (tertiary/aromatic N) is 3. The topological polar surface area (TPSA) is 81.5 Å². The highest BCUT2D eigenvalue weighted by Crippen LogP contribution is 2.34. The Hall–Kier alpha value is -1.42. The molecule has 1 amide bonds. The van der Waals surface area contributed by atoms with Gasteiger partial charge in [0.15, 0.2) is 9.84 Å². The average Bonchev–Trinajstić information content (AvgIpc) is 3.33. The molecule has 2 aliphatic rings. The van der Waals surface area contributed by atoms with Gasteiger partial charge in [-0.15, -0.1) is 23.7 Å². The third kappa shape index (κ3) is 4.68. The second-order valence-electron chi connectivity index (χ2n) is 7.51. The van der Waals surface area contributed by atoms with Gasteiger partial charge in [-0.2, -0.15) is 0 Å². The van der Waals surface area contributed by atoms with Gasteiger partial charge in [-0.3, -0.25) is 4.79 Å². The van der Waals surface area contributed by atoms with E-state index in [1.807, 2.05) is 24.1 Å². The summed E-state index contributed by atoms with van der Waals surface area (Å²) in [7, 11) is -2.94. The minimum Gasteiger partial charge on any atom is -0.378 e. The van der Waals surface area contributed by atoms with Crippen molar-refractivity contribution in [3.63, 3.8) is 0 Å². The molecule has 4 rings (SSSR count). The van der Waals surface area contributed by atoms with E-state index in [-0.39, 0.29) is 35.9 Å². The number of morpholine rings is 1. The highest BCUT2D eigenvalue weighted by atomic mass is 35.5. The van der Waals surface area contributed by atoms with Gasteiger partial charge in [0.2, 0.25) is 5.91 Å². The Labute approximate surface area is 181 Å². The fraction of sp³-hybridized carbons (Fsp3) is 0.579. The zero-order valence-corrected chi connectivity index (χ0v) is 19.0. The lowest BCUT2D eigenvalue weighted by molar-refractivity contribution is -0.134. The molecule has 2 fully saturated rings. The fourth-order valence-electron chi connectivity index (χ4n) is 4.15. The predicted octanol–water partition coefficient (Wildman–Crippen LogP) is 2.41. The smallest absolute Gasteiger partial charge is 0.229 e. The van der Waals surface area contributed by atoms with Gasteiger partial charge in [-0.1, -0.05) is 0 Å². The Morgan fingerprint density at radius 2 is 2.03 bits per heavy atom. The summed E-state index contributed by atoms with van der Waals surface area (Å²) in [5.74, 6) is 0.555. The van der Waals surface area contributed by atoms with Crippen molar-refractivity contribution in [2.45, 2.75) is 32.7 Å². The molecule has 2 saturated heterocycles. The minimum absolute atomic E-state index is 0. The Kier molecular flexibility index (Phi) is 6.72. The van der Waals surface area contributed by atoms with Gasteiger partial charge in [0.25, 0.3) is 0 Å². The molecule has 0 aliphatic carbocycles. The third-order valence-electron chi connectivity index (χ3n) is 5.55. The molecule has 2 aromatic heterocycles. The van der Waals surface area contributed by atoms with Crippen LogP contribution in [0.5, 0.6) is 0 Å². The first-order chi connectivity index (χ1) is 13.3. The van der Waals surface area contributed by atoms with E-state index in [0.717, 1.165) is 27.7 Å². The Morgan fingerprint density at radius 3 is 2.69 bits per heavy atom. The maximum absolute atomic E-state index is 12.4. The van der Waals surface area contributed by atoms with Gasteiger partial charge in [-0.25, -0.2) is 13.4 Å². The molecule has 0 bridgehead atoms. The first kappa shape index (κ1) is 22.3. The van der Waals surface area contributed by atoms with Crippen molar-refractivity contribution >= 4 is 39.5 Å². The number of hydrogen-bond donors (Lipinski definition) is 0. The van der Waals surface area contributed by atoms with Crippen LogP contribution >= 0.6 is 23.7 Å². The second-order valence-corrected chi connectivity index (χ2v) is 10.7. The lowest BCUT2D eigenvalue weighted by Crippen LogP contribution is -2.41. The number of ether oxygens (including phenoxy) is 1. The molecule has 1 unspecified atom stereocenters. The van der Waals surface area contributed by atoms with E-state index in [1.54, 1.807) is 0 Å². The predicted molar refractivity (Wildman–Crippen MR) is 116 cm³/mol. The first-order valence-corrected chi connectivity index (χ1v) is 12.2. The van der Waals surface area contributed by atoms with Crippen LogP contribution in [-0.4, -0.2) is 66.6 Å². The lowest BCUT2D eigenvalue weighted by Gasteiger charge is -2.26. The zero-order valence-electron chi connectivity index (χ0n) is 16.6. The Morgan fingerprint density at radius 1 is 1.31 bits per heavy atom. The van der Waals surface area contributed by atoms with Crippen LogP contribution in [0.25, 0.3) is 11.3 Å². The SMILES string of the molecule is Cc1cc(-c2csc(CC(=O)N3CCOCC3)n2)c(C)n1C1CCS(=O)(=O)C1.Cl. The van der Waals surface area contributed by atoms with Crippen molar-refractivity contribution in [2.24, 2.45) is 0 Å². The molecule has 0 N–H and O–H groups in total. The summed E-state index contributed by atoms with van der Waals surface area (Å²) in [6.07, 6.45) is 0.971. The summed E-state index contributed by atoms with van der Waals surface area (Å²) >= 11 is 1.50. The molecule has 160 valence electrons. The molecule has 0 aromatic carbocycles. The largest absolute Gasteiger partial charge is 0.378 e. The van der Waals surface area contributed by atoms with E-state index in [4.69, 9.17) is 9.72 Å². The lowest BCUT2D eigenvalue weighted by atomic mass is 10.2. The third-order valence-corrected chi connectivity index (χ3v) is 8.15. The summed E-state index contributed by atoms with van der Waals surface area (Å²) in [4.78, 5) is 19.0. The number of thiazole rings is 1. The quantitative estimate of drug-likeness (QED) is 0.701. The van der Waals surface area contributed by atoms with Gasteiger partial charge < -0.3 is 14.2 Å². The van der Waals surface area contributed by atoms with Gasteiger partial charge >= 0.3 is 0 Å². The molecular formula is C19H26ClN3O4S2. The highest BCUT2D eigenvalue weighted by molar-refractivity contribution is 7.91. The molecule has 2 aliphatic heterocycles. The molecule has 0 spiro atoms. The van der Waals surface area contributed by atoms with E-state index >= 15 is 0 Å². The normalized spacial score (nSPS) is 21.2. The Balaban J connectivity index is 0.00000240. The standard InChI is InChI=1S/C19H25N3O4S2.ClH/c1-13-9-16(14(2)22(13)15-3-8-28(24,25)12-15)17-11-27-18(20-17)10-19(23)21-4-6-26-7-5-21;/h9,11,15H,3-8,10,12H2,1-2H3;1H. The van der Waals surface area contributed by atoms with Gasteiger partial charge in [0, 0.05) is 41.5 Å². The monoisotopic (exact) mass is 459 g/mol. The van der Waals surface area contributed by atoms with Crippen LogP contribution in [0.2, 0.25) is 0 Å².